The topological polar surface area (TPSA) is 54.0 Å². The fraction of sp³-hybridized carbons (Fsp3) is 0.250. The molecule has 4 nitrogen and oxygen atoms in total. The van der Waals surface area contributed by atoms with Crippen molar-refractivity contribution in [1.82, 2.24) is 4.98 Å². The van der Waals surface area contributed by atoms with Gasteiger partial charge >= 0.3 is 0 Å². The van der Waals surface area contributed by atoms with Gasteiger partial charge in [-0.25, -0.2) is 4.98 Å². The molecule has 0 fully saturated rings. The van der Waals surface area contributed by atoms with E-state index < -0.39 is 0 Å². The van der Waals surface area contributed by atoms with Crippen LogP contribution < -0.4 is 10.6 Å². The van der Waals surface area contributed by atoms with Crippen molar-refractivity contribution in [3.8, 4) is 0 Å². The molecule has 21 heavy (non-hydrogen) atoms. The molecule has 0 unspecified atom stereocenters. The van der Waals surface area contributed by atoms with E-state index in [4.69, 9.17) is 11.6 Å². The number of aromatic nitrogens is 1. The molecule has 0 aliphatic rings. The summed E-state index contributed by atoms with van der Waals surface area (Å²) < 4.78 is 0. The minimum atomic E-state index is -0.305. The molecular weight excluding hydrogens is 286 g/mol. The number of carbonyl (C=O) groups excluding carboxylic acids is 1. The summed E-state index contributed by atoms with van der Waals surface area (Å²) in [4.78, 5) is 16.6. The van der Waals surface area contributed by atoms with E-state index in [-0.39, 0.29) is 11.6 Å². The van der Waals surface area contributed by atoms with Crippen LogP contribution in [0.3, 0.4) is 0 Å². The summed E-state index contributed by atoms with van der Waals surface area (Å²) in [6, 6.07) is 11.1. The normalized spacial score (nSPS) is 10.2. The monoisotopic (exact) mass is 303 g/mol. The second kappa shape index (κ2) is 7.09. The van der Waals surface area contributed by atoms with E-state index in [1.165, 1.54) is 0 Å². The Balaban J connectivity index is 2.25. The Hall–Kier alpha value is -2.07. The van der Waals surface area contributed by atoms with Crippen molar-refractivity contribution in [3.63, 3.8) is 0 Å². The number of nitrogens with one attached hydrogen (secondary N) is 2. The van der Waals surface area contributed by atoms with Crippen LogP contribution >= 0.6 is 11.6 Å². The first-order valence-corrected chi connectivity index (χ1v) is 7.33. The van der Waals surface area contributed by atoms with Crippen molar-refractivity contribution in [2.45, 2.75) is 20.3 Å². The van der Waals surface area contributed by atoms with Crippen molar-refractivity contribution in [1.29, 1.82) is 0 Å². The van der Waals surface area contributed by atoms with Crippen molar-refractivity contribution in [3.05, 3.63) is 52.7 Å². The Bertz CT molecular complexity index is 643. The molecule has 0 spiro atoms. The molecule has 0 atom stereocenters. The molecule has 110 valence electrons. The van der Waals surface area contributed by atoms with E-state index in [1.807, 2.05) is 38.1 Å². The maximum Gasteiger partial charge on any atom is 0.275 e. The van der Waals surface area contributed by atoms with Crippen molar-refractivity contribution < 1.29 is 4.79 Å². The van der Waals surface area contributed by atoms with Crippen molar-refractivity contribution in [2.24, 2.45) is 0 Å². The van der Waals surface area contributed by atoms with Crippen LogP contribution in [0.4, 0.5) is 11.5 Å². The highest BCUT2D eigenvalue weighted by atomic mass is 35.5. The van der Waals surface area contributed by atoms with Gasteiger partial charge in [0.2, 0.25) is 0 Å². The third-order valence-electron chi connectivity index (χ3n) is 3.07. The average molecular weight is 304 g/mol. The summed E-state index contributed by atoms with van der Waals surface area (Å²) in [6.45, 7) is 4.74. The van der Waals surface area contributed by atoms with Gasteiger partial charge in [0.15, 0.2) is 0 Å². The number of para-hydroxylation sites is 1. The number of aryl methyl sites for hydroxylation is 1. The number of rotatable bonds is 5. The zero-order chi connectivity index (χ0) is 15.2. The molecule has 1 heterocycles. The fourth-order valence-electron chi connectivity index (χ4n) is 2.01. The number of amides is 1. The van der Waals surface area contributed by atoms with Crippen LogP contribution in [0.25, 0.3) is 0 Å². The molecule has 2 rings (SSSR count). The van der Waals surface area contributed by atoms with E-state index in [0.29, 0.717) is 10.8 Å². The summed E-state index contributed by atoms with van der Waals surface area (Å²) in [7, 11) is 0. The number of hydrogen-bond acceptors (Lipinski definition) is 3. The van der Waals surface area contributed by atoms with Crippen LogP contribution in [0.1, 0.15) is 29.9 Å². The number of nitrogens with zero attached hydrogens (tertiary/aromatic N) is 1. The van der Waals surface area contributed by atoms with Gasteiger partial charge in [0.05, 0.1) is 5.02 Å². The highest BCUT2D eigenvalue weighted by molar-refractivity contribution is 6.34. The molecule has 1 aromatic heterocycles. The molecular formula is C16H18ClN3O. The standard InChI is InChI=1S/C16H18ClN3O/c1-3-11-7-5-6-8-13(11)19-16(21)15-12(17)9-10-14(20-15)18-4-2/h5-10H,3-4H2,1-2H3,(H,18,20)(H,19,21). The molecule has 5 heteroatoms. The third kappa shape index (κ3) is 3.73. The predicted octanol–water partition coefficient (Wildman–Crippen LogP) is 3.98. The molecule has 0 bridgehead atoms. The molecule has 1 aromatic carbocycles. The second-order valence-electron chi connectivity index (χ2n) is 4.52. The third-order valence-corrected chi connectivity index (χ3v) is 3.37. The number of benzene rings is 1. The van der Waals surface area contributed by atoms with E-state index in [1.54, 1.807) is 12.1 Å². The largest absolute Gasteiger partial charge is 0.370 e. The molecule has 0 radical (unpaired) electrons. The molecule has 0 saturated heterocycles. The quantitative estimate of drug-likeness (QED) is 0.878. The predicted molar refractivity (Wildman–Crippen MR) is 87.2 cm³/mol. The lowest BCUT2D eigenvalue weighted by Crippen LogP contribution is -2.16. The van der Waals surface area contributed by atoms with E-state index >= 15 is 0 Å². The molecule has 0 aliphatic carbocycles. The highest BCUT2D eigenvalue weighted by Gasteiger charge is 2.14. The zero-order valence-corrected chi connectivity index (χ0v) is 12.9. The van der Waals surface area contributed by atoms with Gasteiger partial charge in [0.25, 0.3) is 5.91 Å². The highest BCUT2D eigenvalue weighted by Crippen LogP contribution is 2.20. The lowest BCUT2D eigenvalue weighted by molar-refractivity contribution is 0.102. The first-order chi connectivity index (χ1) is 10.2. The van der Waals surface area contributed by atoms with Gasteiger partial charge in [-0.1, -0.05) is 36.7 Å². The van der Waals surface area contributed by atoms with E-state index in [0.717, 1.165) is 24.2 Å². The number of carbonyl (C=O) groups is 1. The molecule has 0 saturated carbocycles. The van der Waals surface area contributed by atoms with Crippen molar-refractivity contribution in [2.75, 3.05) is 17.2 Å². The molecule has 0 aliphatic heterocycles. The van der Waals surface area contributed by atoms with Crippen molar-refractivity contribution >= 4 is 29.0 Å². The summed E-state index contributed by atoms with van der Waals surface area (Å²) in [5.74, 6) is 0.330. The smallest absolute Gasteiger partial charge is 0.275 e. The number of halogens is 1. The molecule has 2 N–H and O–H groups in total. The van der Waals surface area contributed by atoms with Gasteiger partial charge < -0.3 is 10.6 Å². The summed E-state index contributed by atoms with van der Waals surface area (Å²) in [5, 5.41) is 6.28. The van der Waals surface area contributed by atoms with Crippen LogP contribution in [0, 0.1) is 0 Å². The Labute approximate surface area is 129 Å². The number of anilines is 2. The molecule has 2 aromatic rings. The minimum Gasteiger partial charge on any atom is -0.370 e. The van der Waals surface area contributed by atoms with Gasteiger partial charge in [0, 0.05) is 12.2 Å². The lowest BCUT2D eigenvalue weighted by Gasteiger charge is -2.11. The maximum absolute atomic E-state index is 12.4. The van der Waals surface area contributed by atoms with Crippen LogP contribution in [0.15, 0.2) is 36.4 Å². The Morgan fingerprint density at radius 3 is 2.67 bits per heavy atom. The Morgan fingerprint density at radius 2 is 1.95 bits per heavy atom. The SMILES string of the molecule is CCNc1ccc(Cl)c(C(=O)Nc2ccccc2CC)n1. The van der Waals surface area contributed by atoms with E-state index in [9.17, 15) is 4.79 Å². The summed E-state index contributed by atoms with van der Waals surface area (Å²) >= 11 is 6.08. The summed E-state index contributed by atoms with van der Waals surface area (Å²) in [5.41, 5.74) is 2.09. The second-order valence-corrected chi connectivity index (χ2v) is 4.93. The van der Waals surface area contributed by atoms with Gasteiger partial charge in [-0.15, -0.1) is 0 Å². The summed E-state index contributed by atoms with van der Waals surface area (Å²) in [6.07, 6.45) is 0.842. The van der Waals surface area contributed by atoms with Crippen LogP contribution in [-0.2, 0) is 6.42 Å². The number of hydrogen-bond donors (Lipinski definition) is 2. The first-order valence-electron chi connectivity index (χ1n) is 6.95. The minimum absolute atomic E-state index is 0.223. The van der Waals surface area contributed by atoms with Gasteiger partial charge in [-0.3, -0.25) is 4.79 Å². The lowest BCUT2D eigenvalue weighted by atomic mass is 10.1. The van der Waals surface area contributed by atoms with Gasteiger partial charge in [0.1, 0.15) is 11.5 Å². The fourth-order valence-corrected chi connectivity index (χ4v) is 2.20. The van der Waals surface area contributed by atoms with Crippen LogP contribution in [-0.4, -0.2) is 17.4 Å². The van der Waals surface area contributed by atoms with Crippen LogP contribution in [0.5, 0.6) is 0 Å². The van der Waals surface area contributed by atoms with Gasteiger partial charge in [-0.05, 0) is 37.1 Å². The first kappa shape index (κ1) is 15.3. The Kier molecular flexibility index (Phi) is 5.17. The average Bonchev–Trinajstić information content (AvgIpc) is 2.50. The molecule has 1 amide bonds. The van der Waals surface area contributed by atoms with Crippen LogP contribution in [0.2, 0.25) is 5.02 Å². The Morgan fingerprint density at radius 1 is 1.19 bits per heavy atom. The van der Waals surface area contributed by atoms with Gasteiger partial charge in [-0.2, -0.15) is 0 Å². The number of pyridine rings is 1. The zero-order valence-electron chi connectivity index (χ0n) is 12.1. The van der Waals surface area contributed by atoms with E-state index in [2.05, 4.69) is 15.6 Å². The maximum atomic E-state index is 12.4.